The number of nitrogens with zero attached hydrogens (tertiary/aromatic N) is 2. The molecule has 1 aliphatic carbocycles. The van der Waals surface area contributed by atoms with Crippen LogP contribution >= 0.6 is 0 Å². The summed E-state index contributed by atoms with van der Waals surface area (Å²) in [6.45, 7) is -0.0651. The van der Waals surface area contributed by atoms with Crippen molar-refractivity contribution in [2.24, 2.45) is 5.73 Å². The second-order valence-electron chi connectivity index (χ2n) is 5.67. The van der Waals surface area contributed by atoms with Gasteiger partial charge in [-0.2, -0.15) is 4.98 Å². The maximum atomic E-state index is 11.7. The topological polar surface area (TPSA) is 132 Å². The van der Waals surface area contributed by atoms with Gasteiger partial charge in [0.2, 0.25) is 23.5 Å². The highest BCUT2D eigenvalue weighted by atomic mass is 16.5. The lowest BCUT2D eigenvalue weighted by molar-refractivity contribution is -0.123. The number of aromatic nitrogens is 2. The first kappa shape index (κ1) is 16.9. The van der Waals surface area contributed by atoms with Crippen molar-refractivity contribution in [3.8, 4) is 5.75 Å². The molecule has 1 aliphatic rings. The van der Waals surface area contributed by atoms with Crippen LogP contribution in [0.25, 0.3) is 0 Å². The number of nitrogens with one attached hydrogen (secondary N) is 2. The molecule has 1 aromatic carbocycles. The number of nitrogens with two attached hydrogens (primary N) is 1. The number of ether oxygens (including phenoxy) is 1. The van der Waals surface area contributed by atoms with E-state index in [1.54, 1.807) is 24.3 Å². The number of carbonyl (C=O) groups excluding carboxylic acids is 2. The summed E-state index contributed by atoms with van der Waals surface area (Å²) in [6, 6.07) is 6.83. The van der Waals surface area contributed by atoms with Crippen molar-refractivity contribution in [3.05, 3.63) is 36.0 Å². The molecule has 9 nitrogen and oxygen atoms in total. The zero-order chi connectivity index (χ0) is 17.6. The highest BCUT2D eigenvalue weighted by molar-refractivity contribution is 5.94. The Labute approximate surface area is 143 Å². The quantitative estimate of drug-likeness (QED) is 0.636. The van der Waals surface area contributed by atoms with E-state index in [2.05, 4.69) is 20.8 Å². The summed E-state index contributed by atoms with van der Waals surface area (Å²) >= 11 is 0. The van der Waals surface area contributed by atoms with Gasteiger partial charge in [-0.15, -0.1) is 0 Å². The van der Waals surface area contributed by atoms with E-state index in [0.29, 0.717) is 29.1 Å². The van der Waals surface area contributed by atoms with Crippen molar-refractivity contribution in [1.29, 1.82) is 0 Å². The number of hydrogen-bond acceptors (Lipinski definition) is 7. The van der Waals surface area contributed by atoms with Crippen LogP contribution in [-0.2, 0) is 16.2 Å². The van der Waals surface area contributed by atoms with Gasteiger partial charge in [-0.3, -0.25) is 9.59 Å². The molecule has 1 aromatic heterocycles. The lowest BCUT2D eigenvalue weighted by Crippen LogP contribution is -2.36. The Kier molecular flexibility index (Phi) is 5.24. The van der Waals surface area contributed by atoms with Gasteiger partial charge in [0.25, 0.3) is 0 Å². The van der Waals surface area contributed by atoms with E-state index >= 15 is 0 Å². The Hall–Kier alpha value is -2.94. The third kappa shape index (κ3) is 5.01. The Morgan fingerprint density at radius 3 is 2.68 bits per heavy atom. The molecule has 0 bridgehead atoms. The highest BCUT2D eigenvalue weighted by Crippen LogP contribution is 2.38. The van der Waals surface area contributed by atoms with E-state index in [4.69, 9.17) is 15.0 Å². The minimum absolute atomic E-state index is 0.130. The average Bonchev–Trinajstić information content (AvgIpc) is 3.37. The summed E-state index contributed by atoms with van der Waals surface area (Å²) in [6.07, 6.45) is 2.21. The molecule has 9 heteroatoms. The number of benzene rings is 1. The number of amides is 2. The van der Waals surface area contributed by atoms with Crippen LogP contribution in [0.4, 0.5) is 5.69 Å². The van der Waals surface area contributed by atoms with Crippen LogP contribution in [0.3, 0.4) is 0 Å². The molecular weight excluding hydrogens is 326 g/mol. The monoisotopic (exact) mass is 345 g/mol. The molecule has 1 heterocycles. The van der Waals surface area contributed by atoms with E-state index in [1.807, 2.05) is 0 Å². The van der Waals surface area contributed by atoms with Crippen LogP contribution in [0.5, 0.6) is 5.75 Å². The van der Waals surface area contributed by atoms with Crippen LogP contribution < -0.4 is 21.1 Å². The molecule has 2 aromatic rings. The first-order valence-electron chi connectivity index (χ1n) is 7.96. The van der Waals surface area contributed by atoms with E-state index < -0.39 is 0 Å². The van der Waals surface area contributed by atoms with Crippen molar-refractivity contribution in [2.45, 2.75) is 25.4 Å². The van der Waals surface area contributed by atoms with Crippen LogP contribution in [0.2, 0.25) is 0 Å². The minimum Gasteiger partial charge on any atom is -0.485 e. The van der Waals surface area contributed by atoms with Gasteiger partial charge in [-0.1, -0.05) is 5.16 Å². The second kappa shape index (κ2) is 7.75. The normalized spacial score (nSPS) is 13.3. The molecule has 1 fully saturated rings. The van der Waals surface area contributed by atoms with E-state index in [9.17, 15) is 9.59 Å². The lowest BCUT2D eigenvalue weighted by atomic mass is 10.3. The van der Waals surface area contributed by atoms with Gasteiger partial charge < -0.3 is 25.6 Å². The largest absolute Gasteiger partial charge is 0.485 e. The zero-order valence-electron chi connectivity index (χ0n) is 13.5. The summed E-state index contributed by atoms with van der Waals surface area (Å²) in [7, 11) is 0. The van der Waals surface area contributed by atoms with Gasteiger partial charge >= 0.3 is 0 Å². The van der Waals surface area contributed by atoms with E-state index in [1.165, 1.54) is 0 Å². The van der Waals surface area contributed by atoms with Crippen LogP contribution in [-0.4, -0.2) is 35.0 Å². The third-order valence-electron chi connectivity index (χ3n) is 3.55. The summed E-state index contributed by atoms with van der Waals surface area (Å²) in [4.78, 5) is 26.9. The summed E-state index contributed by atoms with van der Waals surface area (Å²) in [5.41, 5.74) is 5.74. The number of anilines is 1. The van der Waals surface area contributed by atoms with E-state index in [-0.39, 0.29) is 31.5 Å². The van der Waals surface area contributed by atoms with Gasteiger partial charge in [-0.25, -0.2) is 0 Å². The van der Waals surface area contributed by atoms with Crippen molar-refractivity contribution in [2.75, 3.05) is 18.4 Å². The molecule has 0 aliphatic heterocycles. The Morgan fingerprint density at radius 1 is 1.24 bits per heavy atom. The molecule has 0 unspecified atom stereocenters. The maximum Gasteiger partial charge on any atom is 0.243 e. The predicted molar refractivity (Wildman–Crippen MR) is 87.7 cm³/mol. The van der Waals surface area contributed by atoms with Gasteiger partial charge in [0, 0.05) is 11.6 Å². The van der Waals surface area contributed by atoms with Gasteiger partial charge in [0.15, 0.2) is 6.61 Å². The van der Waals surface area contributed by atoms with Crippen LogP contribution in [0.15, 0.2) is 28.8 Å². The average molecular weight is 345 g/mol. The molecule has 0 saturated heterocycles. The molecule has 0 radical (unpaired) electrons. The van der Waals surface area contributed by atoms with E-state index in [0.717, 1.165) is 12.8 Å². The molecule has 132 valence electrons. The van der Waals surface area contributed by atoms with Crippen LogP contribution in [0.1, 0.15) is 30.5 Å². The smallest absolute Gasteiger partial charge is 0.243 e. The fraction of sp³-hybridized carbons (Fsp3) is 0.375. The minimum atomic E-state index is -0.384. The Balaban J connectivity index is 1.44. The van der Waals surface area contributed by atoms with Gasteiger partial charge in [-0.05, 0) is 37.1 Å². The lowest BCUT2D eigenvalue weighted by Gasteiger charge is -2.08. The molecule has 3 rings (SSSR count). The first-order chi connectivity index (χ1) is 12.1. The molecule has 0 atom stereocenters. The second-order valence-corrected chi connectivity index (χ2v) is 5.67. The fourth-order valence-electron chi connectivity index (χ4n) is 2.06. The van der Waals surface area contributed by atoms with Gasteiger partial charge in [0.05, 0.1) is 13.1 Å². The first-order valence-corrected chi connectivity index (χ1v) is 7.96. The predicted octanol–water partition coefficient (Wildman–Crippen LogP) is 0.539. The highest BCUT2D eigenvalue weighted by Gasteiger charge is 2.29. The van der Waals surface area contributed by atoms with Gasteiger partial charge in [0.1, 0.15) is 5.75 Å². The molecule has 4 N–H and O–H groups in total. The molecule has 1 saturated carbocycles. The third-order valence-corrected chi connectivity index (χ3v) is 3.55. The molecule has 2 amide bonds. The molecule has 0 spiro atoms. The fourth-order valence-corrected chi connectivity index (χ4v) is 2.06. The number of rotatable bonds is 8. The van der Waals surface area contributed by atoms with Crippen molar-refractivity contribution >= 4 is 17.5 Å². The summed E-state index contributed by atoms with van der Waals surface area (Å²) in [5.74, 6) is 1.50. The standard InChI is InChI=1S/C16H19N5O4/c17-7-14(22)18-8-15(23)19-11-3-5-12(6-4-11)24-9-13-20-16(25-21-13)10-1-2-10/h3-6,10H,1-2,7-9,17H2,(H,18,22)(H,19,23). The Bertz CT molecular complexity index is 739. The number of hydrogen-bond donors (Lipinski definition) is 3. The van der Waals surface area contributed by atoms with Crippen molar-refractivity contribution in [1.82, 2.24) is 15.5 Å². The summed E-state index contributed by atoms with van der Waals surface area (Å²) < 4.78 is 10.8. The summed E-state index contributed by atoms with van der Waals surface area (Å²) in [5, 5.41) is 8.93. The van der Waals surface area contributed by atoms with Crippen molar-refractivity contribution in [3.63, 3.8) is 0 Å². The molecular formula is C16H19N5O4. The molecule has 25 heavy (non-hydrogen) atoms. The van der Waals surface area contributed by atoms with Crippen LogP contribution in [0, 0.1) is 0 Å². The SMILES string of the molecule is NCC(=O)NCC(=O)Nc1ccc(OCc2noc(C3CC3)n2)cc1. The van der Waals surface area contributed by atoms with Crippen molar-refractivity contribution < 1.29 is 18.8 Å². The maximum absolute atomic E-state index is 11.7. The Morgan fingerprint density at radius 2 is 2.00 bits per heavy atom. The zero-order valence-corrected chi connectivity index (χ0v) is 13.5. The number of carbonyl (C=O) groups is 2.